The summed E-state index contributed by atoms with van der Waals surface area (Å²) in [7, 11) is 0. The Balaban J connectivity index is 3.00. The molecular formula is C7H8F4N2S. The van der Waals surface area contributed by atoms with E-state index in [1.165, 1.54) is 0 Å². The molecule has 0 aliphatic carbocycles. The first-order valence-electron chi connectivity index (χ1n) is 3.70. The van der Waals surface area contributed by atoms with Crippen LogP contribution in [-0.2, 0) is 11.8 Å². The minimum Gasteiger partial charge on any atom is -0.327 e. The molecule has 1 atom stereocenters. The quantitative estimate of drug-likeness (QED) is 0.789. The van der Waals surface area contributed by atoms with E-state index in [4.69, 9.17) is 5.73 Å². The van der Waals surface area contributed by atoms with Gasteiger partial charge in [0.1, 0.15) is 0 Å². The van der Waals surface area contributed by atoms with Gasteiger partial charge < -0.3 is 5.73 Å². The first-order valence-corrected chi connectivity index (χ1v) is 4.51. The van der Waals surface area contributed by atoms with Gasteiger partial charge in [-0.25, -0.2) is 9.37 Å². The van der Waals surface area contributed by atoms with Gasteiger partial charge in [-0.05, 0) is 6.92 Å². The van der Waals surface area contributed by atoms with Crippen molar-refractivity contribution in [1.82, 2.24) is 4.98 Å². The highest BCUT2D eigenvalue weighted by Gasteiger charge is 2.37. The fraction of sp³-hybridized carbons (Fsp3) is 0.571. The number of hydrogen-bond acceptors (Lipinski definition) is 3. The lowest BCUT2D eigenvalue weighted by Gasteiger charge is -2.14. The van der Waals surface area contributed by atoms with Crippen LogP contribution in [0.4, 0.5) is 17.6 Å². The van der Waals surface area contributed by atoms with Crippen molar-refractivity contribution in [3.05, 3.63) is 16.1 Å². The van der Waals surface area contributed by atoms with Gasteiger partial charge in [-0.15, -0.1) is 11.3 Å². The second-order valence-electron chi connectivity index (χ2n) is 2.93. The van der Waals surface area contributed by atoms with E-state index in [1.54, 1.807) is 0 Å². The summed E-state index contributed by atoms with van der Waals surface area (Å²) in [5.74, 6) is 0. The van der Waals surface area contributed by atoms with E-state index in [2.05, 4.69) is 4.98 Å². The van der Waals surface area contributed by atoms with Crippen molar-refractivity contribution in [3.8, 4) is 0 Å². The van der Waals surface area contributed by atoms with Gasteiger partial charge in [0.25, 0.3) is 0 Å². The lowest BCUT2D eigenvalue weighted by atomic mass is 10.1. The van der Waals surface area contributed by atoms with Crippen LogP contribution >= 0.6 is 11.3 Å². The molecule has 0 amide bonds. The average molecular weight is 228 g/mol. The van der Waals surface area contributed by atoms with E-state index >= 15 is 0 Å². The Bertz CT molecular complexity index is 318. The first-order chi connectivity index (χ1) is 6.27. The van der Waals surface area contributed by atoms with E-state index in [-0.39, 0.29) is 22.8 Å². The first kappa shape index (κ1) is 11.4. The summed E-state index contributed by atoms with van der Waals surface area (Å²) in [6.45, 7) is 0.757. The van der Waals surface area contributed by atoms with Crippen LogP contribution in [0.1, 0.15) is 16.8 Å². The van der Waals surface area contributed by atoms with Crippen LogP contribution in [0.25, 0.3) is 0 Å². The normalized spacial score (nSPS) is 16.7. The number of halogens is 4. The van der Waals surface area contributed by atoms with E-state index < -0.39 is 16.9 Å². The lowest BCUT2D eigenvalue weighted by Crippen LogP contribution is -2.25. The van der Waals surface area contributed by atoms with Crippen LogP contribution in [0, 0.1) is 0 Å². The van der Waals surface area contributed by atoms with Crippen molar-refractivity contribution < 1.29 is 17.6 Å². The van der Waals surface area contributed by atoms with Crippen LogP contribution in [0.15, 0.2) is 6.20 Å². The maximum Gasteiger partial charge on any atom is 0.443 e. The van der Waals surface area contributed by atoms with E-state index in [0.29, 0.717) is 0 Å². The molecule has 0 fully saturated rings. The van der Waals surface area contributed by atoms with Gasteiger partial charge in [0, 0.05) is 12.7 Å². The number of hydrogen-bond donors (Lipinski definition) is 1. The molecule has 0 saturated carbocycles. The van der Waals surface area contributed by atoms with Gasteiger partial charge in [-0.3, -0.25) is 0 Å². The minimum absolute atomic E-state index is 0.104. The van der Waals surface area contributed by atoms with Crippen molar-refractivity contribution in [1.29, 1.82) is 0 Å². The molecule has 2 nitrogen and oxygen atoms in total. The molecule has 0 radical (unpaired) electrons. The molecule has 1 rings (SSSR count). The van der Waals surface area contributed by atoms with E-state index in [0.717, 1.165) is 13.1 Å². The third kappa shape index (κ3) is 2.21. The number of thiazole rings is 1. The molecule has 0 spiro atoms. The summed E-state index contributed by atoms with van der Waals surface area (Å²) >= 11 is 0.280. The number of aromatic nitrogens is 1. The summed E-state index contributed by atoms with van der Waals surface area (Å²) in [5.41, 5.74) is 3.14. The van der Waals surface area contributed by atoms with Gasteiger partial charge in [0.15, 0.2) is 10.7 Å². The van der Waals surface area contributed by atoms with E-state index in [9.17, 15) is 17.6 Å². The largest absolute Gasteiger partial charge is 0.443 e. The van der Waals surface area contributed by atoms with Crippen LogP contribution in [0.3, 0.4) is 0 Å². The minimum atomic E-state index is -4.52. The maximum absolute atomic E-state index is 13.4. The molecule has 1 aromatic heterocycles. The number of alkyl halides is 4. The molecule has 0 bridgehead atoms. The van der Waals surface area contributed by atoms with Crippen molar-refractivity contribution in [2.24, 2.45) is 5.73 Å². The third-order valence-corrected chi connectivity index (χ3v) is 2.93. The monoisotopic (exact) mass is 228 g/mol. The molecule has 0 aliphatic heterocycles. The smallest absolute Gasteiger partial charge is 0.327 e. The third-order valence-electron chi connectivity index (χ3n) is 1.65. The summed E-state index contributed by atoms with van der Waals surface area (Å²) in [5, 5.41) is -1.05. The van der Waals surface area contributed by atoms with Crippen LogP contribution < -0.4 is 5.73 Å². The topological polar surface area (TPSA) is 38.9 Å². The molecule has 7 heteroatoms. The van der Waals surface area contributed by atoms with Crippen LogP contribution in [-0.4, -0.2) is 11.5 Å². The standard InChI is InChI=1S/C7H8F4N2S/c1-6(8,3-12)4-2-13-5(14-4)7(9,10)11/h2H,3,12H2,1H3. The Morgan fingerprint density at radius 1 is 1.43 bits per heavy atom. The Kier molecular flexibility index (Phi) is 2.82. The summed E-state index contributed by atoms with van der Waals surface area (Å²) in [6.07, 6.45) is -3.64. The summed E-state index contributed by atoms with van der Waals surface area (Å²) in [6, 6.07) is 0. The highest BCUT2D eigenvalue weighted by molar-refractivity contribution is 7.11. The molecule has 1 aromatic rings. The fourth-order valence-electron chi connectivity index (χ4n) is 0.747. The highest BCUT2D eigenvalue weighted by atomic mass is 32.1. The van der Waals surface area contributed by atoms with Crippen molar-refractivity contribution in [2.45, 2.75) is 18.8 Å². The van der Waals surface area contributed by atoms with Gasteiger partial charge in [-0.2, -0.15) is 13.2 Å². The predicted molar refractivity (Wildman–Crippen MR) is 44.6 cm³/mol. The highest BCUT2D eigenvalue weighted by Crippen LogP contribution is 2.36. The van der Waals surface area contributed by atoms with Gasteiger partial charge in [0.05, 0.1) is 4.88 Å². The number of nitrogens with zero attached hydrogens (tertiary/aromatic N) is 1. The number of rotatable bonds is 2. The predicted octanol–water partition coefficient (Wildman–Crippen LogP) is 2.31. The summed E-state index contributed by atoms with van der Waals surface area (Å²) in [4.78, 5) is 3.00. The Labute approximate surface area is 81.8 Å². The van der Waals surface area contributed by atoms with Gasteiger partial charge >= 0.3 is 6.18 Å². The molecular weight excluding hydrogens is 220 g/mol. The second kappa shape index (κ2) is 3.47. The zero-order chi connectivity index (χ0) is 11.0. The molecule has 80 valence electrons. The maximum atomic E-state index is 13.4. The Morgan fingerprint density at radius 2 is 2.00 bits per heavy atom. The Hall–Kier alpha value is -0.690. The summed E-state index contributed by atoms with van der Waals surface area (Å²) < 4.78 is 49.7. The average Bonchev–Trinajstić information content (AvgIpc) is 2.51. The number of nitrogens with two attached hydrogens (primary N) is 1. The zero-order valence-electron chi connectivity index (χ0n) is 7.23. The van der Waals surface area contributed by atoms with Crippen LogP contribution in [0.2, 0.25) is 0 Å². The molecule has 0 saturated heterocycles. The second-order valence-corrected chi connectivity index (χ2v) is 3.96. The molecule has 1 heterocycles. The Morgan fingerprint density at radius 3 is 2.36 bits per heavy atom. The molecule has 0 aliphatic rings. The van der Waals surface area contributed by atoms with Gasteiger partial charge in [0.2, 0.25) is 0 Å². The lowest BCUT2D eigenvalue weighted by molar-refractivity contribution is -0.137. The molecule has 0 aromatic carbocycles. The van der Waals surface area contributed by atoms with E-state index in [1.807, 2.05) is 0 Å². The SMILES string of the molecule is CC(F)(CN)c1cnc(C(F)(F)F)s1. The molecule has 1 unspecified atom stereocenters. The zero-order valence-corrected chi connectivity index (χ0v) is 8.05. The molecule has 2 N–H and O–H groups in total. The fourth-order valence-corrected chi connectivity index (χ4v) is 1.58. The van der Waals surface area contributed by atoms with Crippen LogP contribution in [0.5, 0.6) is 0 Å². The molecule has 14 heavy (non-hydrogen) atoms. The van der Waals surface area contributed by atoms with Crippen molar-refractivity contribution >= 4 is 11.3 Å². The van der Waals surface area contributed by atoms with Crippen molar-refractivity contribution in [3.63, 3.8) is 0 Å². The van der Waals surface area contributed by atoms with Crippen molar-refractivity contribution in [2.75, 3.05) is 6.54 Å². The van der Waals surface area contributed by atoms with Gasteiger partial charge in [-0.1, -0.05) is 0 Å².